The first-order valence-corrected chi connectivity index (χ1v) is 7.56. The highest BCUT2D eigenvalue weighted by Gasteiger charge is 2.12. The van der Waals surface area contributed by atoms with Crippen molar-refractivity contribution in [3.63, 3.8) is 0 Å². The van der Waals surface area contributed by atoms with Gasteiger partial charge in [-0.15, -0.1) is 0 Å². The van der Waals surface area contributed by atoms with E-state index < -0.39 is 0 Å². The molecule has 1 unspecified atom stereocenters. The molecule has 0 bridgehead atoms. The molecule has 0 fully saturated rings. The van der Waals surface area contributed by atoms with Gasteiger partial charge in [-0.3, -0.25) is 4.98 Å². The summed E-state index contributed by atoms with van der Waals surface area (Å²) in [4.78, 5) is 4.04. The first-order valence-electron chi connectivity index (χ1n) is 7.56. The van der Waals surface area contributed by atoms with Gasteiger partial charge in [0.1, 0.15) is 0 Å². The van der Waals surface area contributed by atoms with E-state index in [4.69, 9.17) is 5.73 Å². The van der Waals surface area contributed by atoms with Crippen molar-refractivity contribution in [2.24, 2.45) is 5.73 Å². The predicted molar refractivity (Wildman–Crippen MR) is 82.7 cm³/mol. The number of pyridine rings is 1. The zero-order chi connectivity index (χ0) is 13.8. The maximum absolute atomic E-state index is 6.28. The van der Waals surface area contributed by atoms with Crippen molar-refractivity contribution in [3.05, 3.63) is 65.0 Å². The summed E-state index contributed by atoms with van der Waals surface area (Å²) < 4.78 is 0. The van der Waals surface area contributed by atoms with Crippen LogP contribution in [0, 0.1) is 0 Å². The fourth-order valence-electron chi connectivity index (χ4n) is 3.06. The second-order valence-corrected chi connectivity index (χ2v) is 5.81. The van der Waals surface area contributed by atoms with Crippen molar-refractivity contribution in [2.75, 3.05) is 0 Å². The van der Waals surface area contributed by atoms with Crippen LogP contribution in [0.25, 0.3) is 0 Å². The van der Waals surface area contributed by atoms with Gasteiger partial charge in [0.15, 0.2) is 0 Å². The topological polar surface area (TPSA) is 38.9 Å². The lowest BCUT2D eigenvalue weighted by Crippen LogP contribution is -2.23. The number of nitrogens with two attached hydrogens (primary N) is 1. The number of benzene rings is 1. The molecule has 2 N–H and O–H groups in total. The summed E-state index contributed by atoms with van der Waals surface area (Å²) in [6.07, 6.45) is 10.6. The van der Waals surface area contributed by atoms with Crippen LogP contribution in [0.5, 0.6) is 0 Å². The van der Waals surface area contributed by atoms with E-state index in [0.29, 0.717) is 0 Å². The number of aromatic nitrogens is 1. The normalized spacial score (nSPS) is 15.1. The zero-order valence-electron chi connectivity index (χ0n) is 11.9. The monoisotopic (exact) mass is 266 g/mol. The van der Waals surface area contributed by atoms with Crippen molar-refractivity contribution in [1.29, 1.82) is 0 Å². The summed E-state index contributed by atoms with van der Waals surface area (Å²) in [7, 11) is 0. The van der Waals surface area contributed by atoms with Gasteiger partial charge < -0.3 is 5.73 Å². The van der Waals surface area contributed by atoms with Crippen molar-refractivity contribution in [2.45, 2.75) is 44.6 Å². The number of hydrogen-bond donors (Lipinski definition) is 1. The van der Waals surface area contributed by atoms with Crippen LogP contribution < -0.4 is 5.73 Å². The molecule has 1 aliphatic rings. The van der Waals surface area contributed by atoms with Crippen LogP contribution in [0.4, 0.5) is 0 Å². The predicted octanol–water partition coefficient (Wildman–Crippen LogP) is 3.07. The lowest BCUT2D eigenvalue weighted by molar-refractivity contribution is 0.610. The van der Waals surface area contributed by atoms with E-state index in [1.165, 1.54) is 30.4 Å². The Bertz CT molecular complexity index is 563. The highest BCUT2D eigenvalue weighted by Crippen LogP contribution is 2.23. The van der Waals surface area contributed by atoms with Crippen molar-refractivity contribution < 1.29 is 0 Å². The average Bonchev–Trinajstić information content (AvgIpc) is 2.94. The Morgan fingerprint density at radius 3 is 2.65 bits per heavy atom. The minimum Gasteiger partial charge on any atom is -0.327 e. The number of rotatable bonds is 5. The molecule has 1 heterocycles. The molecule has 2 aromatic rings. The fraction of sp³-hybridized carbons (Fsp3) is 0.389. The summed E-state index contributed by atoms with van der Waals surface area (Å²) in [6.45, 7) is 0. The molecule has 0 spiro atoms. The maximum Gasteiger partial charge on any atom is 0.0270 e. The lowest BCUT2D eigenvalue weighted by Gasteiger charge is -2.12. The van der Waals surface area contributed by atoms with Gasteiger partial charge in [-0.25, -0.2) is 0 Å². The van der Waals surface area contributed by atoms with E-state index in [1.807, 2.05) is 12.4 Å². The first kappa shape index (κ1) is 13.3. The van der Waals surface area contributed by atoms with Gasteiger partial charge in [-0.2, -0.15) is 0 Å². The Kier molecular flexibility index (Phi) is 4.12. The van der Waals surface area contributed by atoms with Gasteiger partial charge >= 0.3 is 0 Å². The lowest BCUT2D eigenvalue weighted by atomic mass is 9.98. The van der Waals surface area contributed by atoms with E-state index in [0.717, 1.165) is 19.3 Å². The Hall–Kier alpha value is -1.67. The maximum atomic E-state index is 6.28. The standard InChI is InChI=1S/C18H22N2/c19-18(7-5-14-8-10-20-11-9-14)13-15-4-6-16-2-1-3-17(16)12-15/h4,6,8-12,18H,1-3,5,7,13,19H2. The summed E-state index contributed by atoms with van der Waals surface area (Å²) in [5.41, 5.74) is 12.1. The van der Waals surface area contributed by atoms with Crippen LogP contribution in [-0.2, 0) is 25.7 Å². The van der Waals surface area contributed by atoms with Gasteiger partial charge in [0, 0.05) is 18.4 Å². The first-order chi connectivity index (χ1) is 9.81. The second kappa shape index (κ2) is 6.19. The molecule has 1 aromatic heterocycles. The van der Waals surface area contributed by atoms with Crippen LogP contribution in [0.3, 0.4) is 0 Å². The van der Waals surface area contributed by atoms with E-state index >= 15 is 0 Å². The fourth-order valence-corrected chi connectivity index (χ4v) is 3.06. The third kappa shape index (κ3) is 3.26. The van der Waals surface area contributed by atoms with Gasteiger partial charge in [0.05, 0.1) is 0 Å². The number of hydrogen-bond acceptors (Lipinski definition) is 2. The summed E-state index contributed by atoms with van der Waals surface area (Å²) >= 11 is 0. The molecule has 20 heavy (non-hydrogen) atoms. The zero-order valence-corrected chi connectivity index (χ0v) is 11.9. The van der Waals surface area contributed by atoms with Crippen molar-refractivity contribution >= 4 is 0 Å². The van der Waals surface area contributed by atoms with E-state index in [-0.39, 0.29) is 6.04 Å². The summed E-state index contributed by atoms with van der Waals surface area (Å²) in [5.74, 6) is 0. The molecular formula is C18H22N2. The van der Waals surface area contributed by atoms with Crippen LogP contribution >= 0.6 is 0 Å². The third-order valence-corrected chi connectivity index (χ3v) is 4.21. The number of nitrogens with zero attached hydrogens (tertiary/aromatic N) is 1. The Balaban J connectivity index is 1.55. The molecule has 1 aromatic carbocycles. The number of aryl methyl sites for hydroxylation is 3. The van der Waals surface area contributed by atoms with Gasteiger partial charge in [-0.1, -0.05) is 18.2 Å². The molecule has 0 saturated carbocycles. The minimum absolute atomic E-state index is 0.239. The van der Waals surface area contributed by atoms with Crippen LogP contribution in [0.2, 0.25) is 0 Å². The highest BCUT2D eigenvalue weighted by molar-refractivity contribution is 5.35. The molecule has 104 valence electrons. The molecule has 0 aliphatic heterocycles. The SMILES string of the molecule is NC(CCc1ccncc1)Cc1ccc2c(c1)CCC2. The van der Waals surface area contributed by atoms with E-state index in [2.05, 4.69) is 35.3 Å². The van der Waals surface area contributed by atoms with Gasteiger partial charge in [-0.05, 0) is 72.9 Å². The second-order valence-electron chi connectivity index (χ2n) is 5.81. The molecule has 0 amide bonds. The minimum atomic E-state index is 0.239. The van der Waals surface area contributed by atoms with Crippen molar-refractivity contribution in [1.82, 2.24) is 4.98 Å². The molecule has 2 nitrogen and oxygen atoms in total. The van der Waals surface area contributed by atoms with E-state index in [9.17, 15) is 0 Å². The number of fused-ring (bicyclic) bond motifs is 1. The third-order valence-electron chi connectivity index (χ3n) is 4.21. The molecule has 1 atom stereocenters. The largest absolute Gasteiger partial charge is 0.327 e. The average molecular weight is 266 g/mol. The van der Waals surface area contributed by atoms with Crippen LogP contribution in [0.1, 0.15) is 35.1 Å². The van der Waals surface area contributed by atoms with Crippen LogP contribution in [-0.4, -0.2) is 11.0 Å². The Morgan fingerprint density at radius 1 is 1.00 bits per heavy atom. The van der Waals surface area contributed by atoms with Gasteiger partial charge in [0.25, 0.3) is 0 Å². The quantitative estimate of drug-likeness (QED) is 0.903. The molecule has 2 heteroatoms. The molecule has 3 rings (SSSR count). The summed E-state index contributed by atoms with van der Waals surface area (Å²) in [5, 5.41) is 0. The summed E-state index contributed by atoms with van der Waals surface area (Å²) in [6, 6.07) is 11.3. The highest BCUT2D eigenvalue weighted by atomic mass is 14.6. The van der Waals surface area contributed by atoms with Crippen molar-refractivity contribution in [3.8, 4) is 0 Å². The molecular weight excluding hydrogens is 244 g/mol. The van der Waals surface area contributed by atoms with E-state index in [1.54, 1.807) is 11.1 Å². The molecule has 0 radical (unpaired) electrons. The smallest absolute Gasteiger partial charge is 0.0270 e. The Morgan fingerprint density at radius 2 is 1.80 bits per heavy atom. The Labute approximate surface area is 121 Å². The van der Waals surface area contributed by atoms with Crippen LogP contribution in [0.15, 0.2) is 42.7 Å². The molecule has 1 aliphatic carbocycles. The van der Waals surface area contributed by atoms with Gasteiger partial charge in [0.2, 0.25) is 0 Å². The molecule has 0 saturated heterocycles.